The summed E-state index contributed by atoms with van der Waals surface area (Å²) in [5, 5.41) is 2.92. The van der Waals surface area contributed by atoms with E-state index in [9.17, 15) is 9.59 Å². The molecule has 2 aromatic rings. The van der Waals surface area contributed by atoms with Crippen LogP contribution in [0.4, 0.5) is 5.69 Å². The second kappa shape index (κ2) is 11.1. The predicted molar refractivity (Wildman–Crippen MR) is 119 cm³/mol. The van der Waals surface area contributed by atoms with Crippen molar-refractivity contribution in [3.05, 3.63) is 65.7 Å². The third-order valence-electron chi connectivity index (χ3n) is 5.46. The number of benzene rings is 2. The Morgan fingerprint density at radius 1 is 1.03 bits per heavy atom. The van der Waals surface area contributed by atoms with Gasteiger partial charge in [0.25, 0.3) is 0 Å². The van der Waals surface area contributed by atoms with Gasteiger partial charge in [-0.05, 0) is 48.9 Å². The van der Waals surface area contributed by atoms with Gasteiger partial charge in [-0.3, -0.25) is 4.79 Å². The molecule has 0 heterocycles. The monoisotopic (exact) mass is 411 g/mol. The fraction of sp³-hybridized carbons (Fsp3) is 0.417. The van der Waals surface area contributed by atoms with E-state index in [0.717, 1.165) is 18.4 Å². The van der Waals surface area contributed by atoms with Crippen molar-refractivity contribution in [2.24, 2.45) is 11.8 Å². The third kappa shape index (κ3) is 6.64. The van der Waals surface area contributed by atoms with Gasteiger partial charge in [0.1, 0.15) is 0 Å². The molecule has 5 heteroatoms. The van der Waals surface area contributed by atoms with Crippen molar-refractivity contribution >= 4 is 30.2 Å². The molecule has 4 nitrogen and oxygen atoms in total. The molecule has 29 heavy (non-hydrogen) atoms. The molecule has 1 aliphatic rings. The highest BCUT2D eigenvalue weighted by atomic mass is 32.1. The van der Waals surface area contributed by atoms with Crippen molar-refractivity contribution in [2.75, 3.05) is 17.7 Å². The van der Waals surface area contributed by atoms with Gasteiger partial charge in [-0.15, -0.1) is 0 Å². The molecule has 0 saturated heterocycles. The molecule has 1 aliphatic carbocycles. The topological polar surface area (TPSA) is 55.4 Å². The van der Waals surface area contributed by atoms with Gasteiger partial charge in [0, 0.05) is 11.4 Å². The quantitative estimate of drug-likeness (QED) is 0.466. The average Bonchev–Trinajstić information content (AvgIpc) is 2.77. The summed E-state index contributed by atoms with van der Waals surface area (Å²) in [5.41, 5.74) is 2.16. The number of nitrogens with one attached hydrogen (secondary N) is 1. The van der Waals surface area contributed by atoms with Gasteiger partial charge in [0.2, 0.25) is 5.91 Å². The first kappa shape index (κ1) is 21.4. The number of amides is 1. The fourth-order valence-electron chi connectivity index (χ4n) is 3.74. The van der Waals surface area contributed by atoms with E-state index < -0.39 is 0 Å². The van der Waals surface area contributed by atoms with E-state index in [1.807, 2.05) is 30.3 Å². The van der Waals surface area contributed by atoms with Crippen molar-refractivity contribution in [1.29, 1.82) is 0 Å². The smallest absolute Gasteiger partial charge is 0.338 e. The maximum Gasteiger partial charge on any atom is 0.338 e. The summed E-state index contributed by atoms with van der Waals surface area (Å²) in [6.07, 6.45) is 6.62. The normalized spacial score (nSPS) is 15.5. The number of thiol groups is 1. The third-order valence-corrected chi connectivity index (χ3v) is 5.90. The van der Waals surface area contributed by atoms with E-state index in [0.29, 0.717) is 35.9 Å². The minimum atomic E-state index is -0.332. The molecule has 1 unspecified atom stereocenters. The van der Waals surface area contributed by atoms with Crippen LogP contribution >= 0.6 is 12.6 Å². The Kier molecular flexibility index (Phi) is 8.17. The molecular weight excluding hydrogens is 382 g/mol. The van der Waals surface area contributed by atoms with Crippen LogP contribution in [0.1, 0.15) is 48.0 Å². The van der Waals surface area contributed by atoms with Crippen LogP contribution in [0.25, 0.3) is 0 Å². The SMILES string of the molecule is O=C(OCC1CCCCC1)c1cccc(NC(=O)C(CS)Cc2ccccc2)c1. The Balaban J connectivity index is 1.56. The van der Waals surface area contributed by atoms with Gasteiger partial charge in [-0.2, -0.15) is 12.6 Å². The lowest BCUT2D eigenvalue weighted by atomic mass is 9.90. The number of hydrogen-bond acceptors (Lipinski definition) is 4. The first-order valence-electron chi connectivity index (χ1n) is 10.4. The molecule has 0 aromatic heterocycles. The zero-order valence-corrected chi connectivity index (χ0v) is 17.6. The van der Waals surface area contributed by atoms with Crippen LogP contribution in [0.5, 0.6) is 0 Å². The van der Waals surface area contributed by atoms with Crippen molar-refractivity contribution in [2.45, 2.75) is 38.5 Å². The summed E-state index contributed by atoms with van der Waals surface area (Å²) >= 11 is 4.35. The number of hydrogen-bond donors (Lipinski definition) is 2. The van der Waals surface area contributed by atoms with Gasteiger partial charge < -0.3 is 10.1 Å². The second-order valence-corrected chi connectivity index (χ2v) is 8.11. The standard InChI is InChI=1S/C24H29NO3S/c26-23(21(17-29)14-18-8-3-1-4-9-18)25-22-13-7-12-20(15-22)24(27)28-16-19-10-5-2-6-11-19/h1,3-4,7-9,12-13,15,19,21,29H,2,5-6,10-11,14,16-17H2,(H,25,26). The van der Waals surface area contributed by atoms with E-state index in [4.69, 9.17) is 4.74 Å². The molecule has 1 amide bonds. The first-order valence-corrected chi connectivity index (χ1v) is 11.0. The van der Waals surface area contributed by atoms with Crippen molar-refractivity contribution in [1.82, 2.24) is 0 Å². The molecule has 0 bridgehead atoms. The van der Waals surface area contributed by atoms with Crippen LogP contribution in [0.2, 0.25) is 0 Å². The van der Waals surface area contributed by atoms with Crippen LogP contribution < -0.4 is 5.32 Å². The summed E-state index contributed by atoms with van der Waals surface area (Å²) in [4.78, 5) is 25.1. The first-order chi connectivity index (χ1) is 14.2. The number of rotatable bonds is 8. The molecule has 1 atom stereocenters. The van der Waals surface area contributed by atoms with Crippen molar-refractivity contribution in [3.63, 3.8) is 0 Å². The molecular formula is C24H29NO3S. The van der Waals surface area contributed by atoms with Crippen LogP contribution in [-0.4, -0.2) is 24.2 Å². The highest BCUT2D eigenvalue weighted by Gasteiger charge is 2.19. The van der Waals surface area contributed by atoms with Gasteiger partial charge in [-0.1, -0.05) is 55.7 Å². The molecule has 0 spiro atoms. The minimum absolute atomic E-state index is 0.100. The van der Waals surface area contributed by atoms with Gasteiger partial charge >= 0.3 is 5.97 Å². The summed E-state index contributed by atoms with van der Waals surface area (Å²) < 4.78 is 5.51. The Bertz CT molecular complexity index is 803. The molecule has 1 N–H and O–H groups in total. The summed E-state index contributed by atoms with van der Waals surface area (Å²) in [6, 6.07) is 16.8. The van der Waals surface area contributed by atoms with Crippen LogP contribution in [0.15, 0.2) is 54.6 Å². The van der Waals surface area contributed by atoms with Crippen molar-refractivity contribution in [3.8, 4) is 0 Å². The average molecular weight is 412 g/mol. The van der Waals surface area contributed by atoms with E-state index in [1.54, 1.807) is 24.3 Å². The molecule has 0 aliphatic heterocycles. The van der Waals surface area contributed by atoms with Crippen LogP contribution in [0.3, 0.4) is 0 Å². The van der Waals surface area contributed by atoms with Gasteiger partial charge in [-0.25, -0.2) is 4.79 Å². The molecule has 154 valence electrons. The Hall–Kier alpha value is -2.27. The summed E-state index contributed by atoms with van der Waals surface area (Å²) in [5.74, 6) is 0.245. The lowest BCUT2D eigenvalue weighted by molar-refractivity contribution is -0.119. The molecule has 0 radical (unpaired) electrons. The van der Waals surface area contributed by atoms with Crippen LogP contribution in [0, 0.1) is 11.8 Å². The zero-order chi connectivity index (χ0) is 20.5. The van der Waals surface area contributed by atoms with E-state index in [-0.39, 0.29) is 17.8 Å². The maximum absolute atomic E-state index is 12.7. The Morgan fingerprint density at radius 2 is 1.79 bits per heavy atom. The number of ether oxygens (including phenoxy) is 1. The predicted octanol–water partition coefficient (Wildman–Crippen LogP) is 5.15. The highest BCUT2D eigenvalue weighted by Crippen LogP contribution is 2.24. The summed E-state index contributed by atoms with van der Waals surface area (Å²) in [6.45, 7) is 0.480. The van der Waals surface area contributed by atoms with Crippen molar-refractivity contribution < 1.29 is 14.3 Å². The number of anilines is 1. The lowest BCUT2D eigenvalue weighted by Crippen LogP contribution is -2.26. The van der Waals surface area contributed by atoms with Gasteiger partial charge in [0.15, 0.2) is 0 Å². The van der Waals surface area contributed by atoms with Gasteiger partial charge in [0.05, 0.1) is 18.1 Å². The highest BCUT2D eigenvalue weighted by molar-refractivity contribution is 7.80. The summed E-state index contributed by atoms with van der Waals surface area (Å²) in [7, 11) is 0. The zero-order valence-electron chi connectivity index (χ0n) is 16.7. The molecule has 1 fully saturated rings. The van der Waals surface area contributed by atoms with E-state index in [2.05, 4.69) is 17.9 Å². The second-order valence-electron chi connectivity index (χ2n) is 7.74. The number of carbonyl (C=O) groups is 2. The molecule has 2 aromatic carbocycles. The van der Waals surface area contributed by atoms with E-state index >= 15 is 0 Å². The largest absolute Gasteiger partial charge is 0.462 e. The fourth-order valence-corrected chi connectivity index (χ4v) is 4.03. The lowest BCUT2D eigenvalue weighted by Gasteiger charge is -2.21. The number of esters is 1. The van der Waals surface area contributed by atoms with E-state index in [1.165, 1.54) is 19.3 Å². The Labute approximate surface area is 178 Å². The maximum atomic E-state index is 12.7. The Morgan fingerprint density at radius 3 is 2.52 bits per heavy atom. The molecule has 3 rings (SSSR count). The molecule has 1 saturated carbocycles. The number of carbonyl (C=O) groups excluding carboxylic acids is 2. The minimum Gasteiger partial charge on any atom is -0.462 e. The van der Waals surface area contributed by atoms with Crippen LogP contribution in [-0.2, 0) is 16.0 Å².